The Labute approximate surface area is 119 Å². The summed E-state index contributed by atoms with van der Waals surface area (Å²) in [4.78, 5) is 0. The van der Waals surface area contributed by atoms with Gasteiger partial charge in [-0.15, -0.1) is 5.10 Å². The van der Waals surface area contributed by atoms with Gasteiger partial charge in [-0.1, -0.05) is 5.21 Å². The zero-order valence-corrected chi connectivity index (χ0v) is 10.9. The summed E-state index contributed by atoms with van der Waals surface area (Å²) in [6.07, 6.45) is -0.664. The number of nitrogens with one attached hydrogen (secondary N) is 1. The number of rotatable bonds is 5. The van der Waals surface area contributed by atoms with Crippen molar-refractivity contribution in [3.8, 4) is 6.07 Å². The Balaban J connectivity index is 2.02. The van der Waals surface area contributed by atoms with Gasteiger partial charge in [0.25, 0.3) is 0 Å². The van der Waals surface area contributed by atoms with Crippen molar-refractivity contribution in [2.45, 2.75) is 19.1 Å². The predicted molar refractivity (Wildman–Crippen MR) is 69.3 cm³/mol. The topological polar surface area (TPSA) is 66.5 Å². The molecule has 0 saturated heterocycles. The Morgan fingerprint density at radius 3 is 2.76 bits per heavy atom. The lowest BCUT2D eigenvalue weighted by molar-refractivity contribution is -0.136. The molecule has 1 N–H and O–H groups in total. The molecule has 0 radical (unpaired) electrons. The van der Waals surface area contributed by atoms with Gasteiger partial charge in [-0.3, -0.25) is 4.68 Å². The molecule has 1 heterocycles. The third kappa shape index (κ3) is 3.95. The van der Waals surface area contributed by atoms with Crippen LogP contribution >= 0.6 is 0 Å². The van der Waals surface area contributed by atoms with Crippen molar-refractivity contribution in [3.05, 3.63) is 41.7 Å². The molecule has 1 aromatic heterocycles. The zero-order valence-electron chi connectivity index (χ0n) is 10.9. The highest BCUT2D eigenvalue weighted by Gasteiger charge is 2.33. The summed E-state index contributed by atoms with van der Waals surface area (Å²) in [6.45, 7) is 0.879. The van der Waals surface area contributed by atoms with Crippen LogP contribution < -0.4 is 5.32 Å². The first kappa shape index (κ1) is 14.8. The molecule has 0 amide bonds. The largest absolute Gasteiger partial charge is 0.418 e. The first-order valence-electron chi connectivity index (χ1n) is 6.20. The number of alkyl halides is 3. The molecule has 1 aromatic carbocycles. The minimum Gasteiger partial charge on any atom is -0.384 e. The average molecular weight is 295 g/mol. The highest BCUT2D eigenvalue weighted by Crippen LogP contribution is 2.35. The Bertz CT molecular complexity index is 628. The molecule has 0 saturated carbocycles. The van der Waals surface area contributed by atoms with Crippen LogP contribution in [0.4, 0.5) is 18.9 Å². The lowest BCUT2D eigenvalue weighted by Gasteiger charge is -2.14. The molecule has 0 aliphatic heterocycles. The summed E-state index contributed by atoms with van der Waals surface area (Å²) in [6, 6.07) is 5.11. The van der Waals surface area contributed by atoms with Crippen LogP contribution in [0, 0.1) is 11.3 Å². The van der Waals surface area contributed by atoms with Crippen LogP contribution in [0.1, 0.15) is 17.5 Å². The molecule has 5 nitrogen and oxygen atoms in total. The standard InChI is InChI=1S/C13H12F3N5/c14-13(15,16)11-3-2-10(9-17)8-12(11)18-4-1-6-21-7-5-19-20-21/h2-3,5,7-8,18H,1,4,6H2. The summed E-state index contributed by atoms with van der Waals surface area (Å²) in [5.74, 6) is 0. The molecule has 2 rings (SSSR count). The predicted octanol–water partition coefficient (Wildman–Crippen LogP) is 2.67. The summed E-state index contributed by atoms with van der Waals surface area (Å²) < 4.78 is 40.2. The van der Waals surface area contributed by atoms with Gasteiger partial charge in [0.2, 0.25) is 0 Å². The van der Waals surface area contributed by atoms with Crippen LogP contribution in [-0.2, 0) is 12.7 Å². The number of aryl methyl sites for hydroxylation is 1. The van der Waals surface area contributed by atoms with Gasteiger partial charge in [0.1, 0.15) is 0 Å². The fourth-order valence-corrected chi connectivity index (χ4v) is 1.82. The van der Waals surface area contributed by atoms with Crippen molar-refractivity contribution in [3.63, 3.8) is 0 Å². The normalized spacial score (nSPS) is 11.1. The Hall–Kier alpha value is -2.56. The van der Waals surface area contributed by atoms with Gasteiger partial charge in [-0.25, -0.2) is 0 Å². The molecule has 110 valence electrons. The van der Waals surface area contributed by atoms with Crippen LogP contribution in [0.5, 0.6) is 0 Å². The number of aromatic nitrogens is 3. The molecule has 0 spiro atoms. The van der Waals surface area contributed by atoms with Gasteiger partial charge in [-0.05, 0) is 24.6 Å². The van der Waals surface area contributed by atoms with Crippen molar-refractivity contribution in [1.82, 2.24) is 15.0 Å². The van der Waals surface area contributed by atoms with Crippen molar-refractivity contribution in [1.29, 1.82) is 5.26 Å². The highest BCUT2D eigenvalue weighted by atomic mass is 19.4. The number of nitriles is 1. The Morgan fingerprint density at radius 2 is 2.14 bits per heavy atom. The van der Waals surface area contributed by atoms with Crippen LogP contribution in [0.2, 0.25) is 0 Å². The van der Waals surface area contributed by atoms with Gasteiger partial charge < -0.3 is 5.32 Å². The van der Waals surface area contributed by atoms with E-state index in [1.807, 2.05) is 6.07 Å². The Morgan fingerprint density at radius 1 is 1.33 bits per heavy atom. The van der Waals surface area contributed by atoms with Gasteiger partial charge >= 0.3 is 6.18 Å². The van der Waals surface area contributed by atoms with E-state index in [-0.39, 0.29) is 11.3 Å². The second-order valence-corrected chi connectivity index (χ2v) is 4.32. The van der Waals surface area contributed by atoms with E-state index in [0.717, 1.165) is 12.1 Å². The maximum Gasteiger partial charge on any atom is 0.418 e. The highest BCUT2D eigenvalue weighted by molar-refractivity contribution is 5.56. The maximum absolute atomic E-state index is 12.9. The van der Waals surface area contributed by atoms with Gasteiger partial charge in [0.05, 0.1) is 23.4 Å². The lowest BCUT2D eigenvalue weighted by atomic mass is 10.1. The summed E-state index contributed by atoms with van der Waals surface area (Å²) in [7, 11) is 0. The third-order valence-corrected chi connectivity index (χ3v) is 2.81. The van der Waals surface area contributed by atoms with E-state index in [4.69, 9.17) is 5.26 Å². The number of hydrogen-bond acceptors (Lipinski definition) is 4. The van der Waals surface area contributed by atoms with Gasteiger partial charge in [0.15, 0.2) is 0 Å². The van der Waals surface area contributed by atoms with Gasteiger partial charge in [0, 0.05) is 25.0 Å². The molecule has 0 aliphatic carbocycles. The number of benzene rings is 1. The molecular formula is C13H12F3N5. The van der Waals surface area contributed by atoms with Crippen molar-refractivity contribution in [2.24, 2.45) is 0 Å². The van der Waals surface area contributed by atoms with Crippen molar-refractivity contribution in [2.75, 3.05) is 11.9 Å². The quantitative estimate of drug-likeness (QED) is 0.861. The number of hydrogen-bond donors (Lipinski definition) is 1. The van der Waals surface area contributed by atoms with Crippen molar-refractivity contribution < 1.29 is 13.2 Å². The molecule has 8 heteroatoms. The second-order valence-electron chi connectivity index (χ2n) is 4.32. The molecule has 21 heavy (non-hydrogen) atoms. The lowest BCUT2D eigenvalue weighted by Crippen LogP contribution is -2.13. The van der Waals surface area contributed by atoms with Crippen LogP contribution in [0.3, 0.4) is 0 Å². The minimum absolute atomic E-state index is 0.0832. The van der Waals surface area contributed by atoms with Gasteiger partial charge in [-0.2, -0.15) is 18.4 Å². The molecule has 0 atom stereocenters. The summed E-state index contributed by atoms with van der Waals surface area (Å²) >= 11 is 0. The monoisotopic (exact) mass is 295 g/mol. The summed E-state index contributed by atoms with van der Waals surface area (Å²) in [5, 5.41) is 18.9. The van der Waals surface area contributed by atoms with E-state index in [0.29, 0.717) is 19.5 Å². The minimum atomic E-state index is -4.46. The van der Waals surface area contributed by atoms with Crippen LogP contribution in [-0.4, -0.2) is 21.5 Å². The number of nitrogens with zero attached hydrogens (tertiary/aromatic N) is 4. The molecule has 0 fully saturated rings. The molecule has 0 bridgehead atoms. The second kappa shape index (κ2) is 6.26. The first-order valence-corrected chi connectivity index (χ1v) is 6.20. The maximum atomic E-state index is 12.9. The van der Waals surface area contributed by atoms with Crippen LogP contribution in [0.15, 0.2) is 30.6 Å². The van der Waals surface area contributed by atoms with Crippen molar-refractivity contribution >= 4 is 5.69 Å². The van der Waals surface area contributed by atoms with E-state index in [1.54, 1.807) is 10.9 Å². The number of anilines is 1. The molecule has 2 aromatic rings. The first-order chi connectivity index (χ1) is 10.0. The molecule has 0 aliphatic rings. The fourth-order valence-electron chi connectivity index (χ4n) is 1.82. The zero-order chi connectivity index (χ0) is 15.3. The molecular weight excluding hydrogens is 283 g/mol. The summed E-state index contributed by atoms with van der Waals surface area (Å²) in [5.41, 5.74) is -0.677. The number of halogens is 3. The fraction of sp³-hybridized carbons (Fsp3) is 0.308. The van der Waals surface area contributed by atoms with E-state index < -0.39 is 11.7 Å². The average Bonchev–Trinajstić information content (AvgIpc) is 2.95. The van der Waals surface area contributed by atoms with E-state index in [1.165, 1.54) is 12.3 Å². The third-order valence-electron chi connectivity index (χ3n) is 2.81. The van der Waals surface area contributed by atoms with Crippen LogP contribution in [0.25, 0.3) is 0 Å². The van der Waals surface area contributed by atoms with E-state index in [2.05, 4.69) is 15.6 Å². The van der Waals surface area contributed by atoms with E-state index in [9.17, 15) is 13.2 Å². The smallest absolute Gasteiger partial charge is 0.384 e. The SMILES string of the molecule is N#Cc1ccc(C(F)(F)F)c(NCCCn2ccnn2)c1. The Kier molecular flexibility index (Phi) is 4.42. The molecule has 0 unspecified atom stereocenters. The van der Waals surface area contributed by atoms with E-state index >= 15 is 0 Å².